The maximum Gasteiger partial charge on any atom is 0.175 e. The van der Waals surface area contributed by atoms with Gasteiger partial charge in [-0.1, -0.05) is 23.2 Å². The number of hydrogen-bond donors (Lipinski definition) is 2. The average Bonchev–Trinajstić information content (AvgIpc) is 3.11. The molecule has 174 valence electrons. The van der Waals surface area contributed by atoms with E-state index in [0.717, 1.165) is 43.5 Å². The van der Waals surface area contributed by atoms with Crippen LogP contribution in [0.25, 0.3) is 0 Å². The number of nitrogens with zero attached hydrogens (tertiary/aromatic N) is 1. The van der Waals surface area contributed by atoms with E-state index in [4.69, 9.17) is 33.0 Å². The SMILES string of the molecule is CS(=O)(=O)c1ccc(O[C@H]2c3cc(Cl)cc(Cl)c3C[C@@H]2N2CCCC(NCCO)C2)cc1. The van der Waals surface area contributed by atoms with E-state index >= 15 is 0 Å². The molecule has 0 bridgehead atoms. The first-order chi connectivity index (χ1) is 15.3. The zero-order valence-electron chi connectivity index (χ0n) is 17.9. The molecule has 1 aliphatic carbocycles. The van der Waals surface area contributed by atoms with Crippen molar-refractivity contribution in [3.63, 3.8) is 0 Å². The summed E-state index contributed by atoms with van der Waals surface area (Å²) in [5.41, 5.74) is 2.02. The molecule has 1 saturated heterocycles. The number of fused-ring (bicyclic) bond motifs is 1. The molecule has 0 radical (unpaired) electrons. The third-order valence-corrected chi connectivity index (χ3v) is 7.93. The van der Waals surface area contributed by atoms with Crippen LogP contribution in [0.2, 0.25) is 10.0 Å². The van der Waals surface area contributed by atoms with Crippen molar-refractivity contribution in [2.24, 2.45) is 0 Å². The van der Waals surface area contributed by atoms with Crippen LogP contribution in [0.1, 0.15) is 30.1 Å². The van der Waals surface area contributed by atoms with E-state index in [1.54, 1.807) is 30.3 Å². The molecule has 0 aromatic heterocycles. The third-order valence-electron chi connectivity index (χ3n) is 6.25. The fourth-order valence-corrected chi connectivity index (χ4v) is 5.95. The third kappa shape index (κ3) is 5.24. The van der Waals surface area contributed by atoms with E-state index in [1.165, 1.54) is 6.26 Å². The van der Waals surface area contributed by atoms with Crippen LogP contribution in [-0.4, -0.2) is 63.0 Å². The molecule has 0 saturated carbocycles. The van der Waals surface area contributed by atoms with Crippen LogP contribution < -0.4 is 10.1 Å². The Morgan fingerprint density at radius 1 is 1.22 bits per heavy atom. The number of hydrogen-bond acceptors (Lipinski definition) is 6. The van der Waals surface area contributed by atoms with E-state index in [2.05, 4.69) is 10.2 Å². The number of aliphatic hydroxyl groups is 1. The smallest absolute Gasteiger partial charge is 0.175 e. The molecule has 2 aliphatic rings. The monoisotopic (exact) mass is 498 g/mol. The predicted octanol–water partition coefficient (Wildman–Crippen LogP) is 3.49. The molecule has 0 spiro atoms. The Balaban J connectivity index is 1.62. The van der Waals surface area contributed by atoms with Crippen LogP contribution in [0, 0.1) is 0 Å². The molecule has 9 heteroatoms. The molecule has 3 atom stereocenters. The van der Waals surface area contributed by atoms with Gasteiger partial charge in [0.05, 0.1) is 17.5 Å². The van der Waals surface area contributed by atoms with Crippen molar-refractivity contribution in [2.45, 2.75) is 42.3 Å². The molecule has 2 aromatic carbocycles. The number of piperidine rings is 1. The summed E-state index contributed by atoms with van der Waals surface area (Å²) in [5.74, 6) is 0.600. The molecule has 1 aliphatic heterocycles. The lowest BCUT2D eigenvalue weighted by atomic mass is 10.0. The first kappa shape index (κ1) is 23.8. The number of likely N-dealkylation sites (tertiary alicyclic amines) is 1. The summed E-state index contributed by atoms with van der Waals surface area (Å²) in [5, 5.41) is 13.8. The molecule has 4 rings (SSSR count). The van der Waals surface area contributed by atoms with Crippen LogP contribution in [0.5, 0.6) is 5.75 Å². The van der Waals surface area contributed by atoms with Crippen molar-refractivity contribution in [1.82, 2.24) is 10.2 Å². The molecular weight excluding hydrogens is 471 g/mol. The number of ether oxygens (including phenoxy) is 1. The first-order valence-electron chi connectivity index (χ1n) is 10.8. The van der Waals surface area contributed by atoms with Crippen molar-refractivity contribution in [1.29, 1.82) is 0 Å². The molecule has 2 N–H and O–H groups in total. The summed E-state index contributed by atoms with van der Waals surface area (Å²) >= 11 is 12.9. The Kier molecular flexibility index (Phi) is 7.34. The number of aliphatic hydroxyl groups excluding tert-OH is 1. The van der Waals surface area contributed by atoms with E-state index in [-0.39, 0.29) is 23.6 Å². The summed E-state index contributed by atoms with van der Waals surface area (Å²) < 4.78 is 30.0. The minimum atomic E-state index is -3.27. The molecule has 2 aromatic rings. The maximum atomic E-state index is 11.8. The van der Waals surface area contributed by atoms with Crippen molar-refractivity contribution in [3.8, 4) is 5.75 Å². The predicted molar refractivity (Wildman–Crippen MR) is 127 cm³/mol. The molecule has 1 fully saturated rings. The lowest BCUT2D eigenvalue weighted by molar-refractivity contribution is 0.0539. The van der Waals surface area contributed by atoms with Gasteiger partial charge in [0.1, 0.15) is 11.9 Å². The molecular formula is C23H28Cl2N2O4S. The topological polar surface area (TPSA) is 78.9 Å². The number of halogens is 2. The van der Waals surface area contributed by atoms with Gasteiger partial charge in [0, 0.05) is 41.0 Å². The summed E-state index contributed by atoms with van der Waals surface area (Å²) in [7, 11) is -3.27. The van der Waals surface area contributed by atoms with Gasteiger partial charge in [0.25, 0.3) is 0 Å². The number of benzene rings is 2. The van der Waals surface area contributed by atoms with Crippen LogP contribution >= 0.6 is 23.2 Å². The van der Waals surface area contributed by atoms with Crippen LogP contribution in [0.15, 0.2) is 41.3 Å². The highest BCUT2D eigenvalue weighted by molar-refractivity contribution is 7.90. The van der Waals surface area contributed by atoms with E-state index in [1.807, 2.05) is 6.07 Å². The Labute approximate surface area is 199 Å². The summed E-state index contributed by atoms with van der Waals surface area (Å²) in [6.07, 6.45) is 3.79. The second-order valence-electron chi connectivity index (χ2n) is 8.52. The van der Waals surface area contributed by atoms with Crippen molar-refractivity contribution in [3.05, 3.63) is 57.6 Å². The second kappa shape index (κ2) is 9.87. The fourth-order valence-electron chi connectivity index (χ4n) is 4.73. The van der Waals surface area contributed by atoms with Crippen molar-refractivity contribution >= 4 is 33.0 Å². The molecule has 32 heavy (non-hydrogen) atoms. The summed E-state index contributed by atoms with van der Waals surface area (Å²) in [6, 6.07) is 10.6. The van der Waals surface area contributed by atoms with E-state index in [9.17, 15) is 8.42 Å². The summed E-state index contributed by atoms with van der Waals surface area (Å²) in [6.45, 7) is 2.51. The van der Waals surface area contributed by atoms with Gasteiger partial charge < -0.3 is 15.2 Å². The number of rotatable bonds is 7. The van der Waals surface area contributed by atoms with Gasteiger partial charge in [-0.25, -0.2) is 8.42 Å². The maximum absolute atomic E-state index is 11.8. The molecule has 0 amide bonds. The van der Waals surface area contributed by atoms with Gasteiger partial charge in [0.2, 0.25) is 0 Å². The molecule has 1 unspecified atom stereocenters. The van der Waals surface area contributed by atoms with E-state index < -0.39 is 9.84 Å². The Morgan fingerprint density at radius 2 is 1.97 bits per heavy atom. The lowest BCUT2D eigenvalue weighted by Crippen LogP contribution is -2.51. The zero-order chi connectivity index (χ0) is 22.9. The largest absolute Gasteiger partial charge is 0.484 e. The molecule has 6 nitrogen and oxygen atoms in total. The highest BCUT2D eigenvalue weighted by Crippen LogP contribution is 2.43. The molecule has 1 heterocycles. The number of nitrogens with one attached hydrogen (secondary N) is 1. The normalized spacial score (nSPS) is 23.8. The lowest BCUT2D eigenvalue weighted by Gasteiger charge is -2.39. The number of sulfone groups is 1. The summed E-state index contributed by atoms with van der Waals surface area (Å²) in [4.78, 5) is 2.69. The van der Waals surface area contributed by atoms with Crippen LogP contribution in [-0.2, 0) is 16.3 Å². The second-order valence-corrected chi connectivity index (χ2v) is 11.4. The van der Waals surface area contributed by atoms with Gasteiger partial charge >= 0.3 is 0 Å². The quantitative estimate of drug-likeness (QED) is 0.608. The first-order valence-corrected chi connectivity index (χ1v) is 13.4. The van der Waals surface area contributed by atoms with Crippen LogP contribution in [0.4, 0.5) is 0 Å². The van der Waals surface area contributed by atoms with Gasteiger partial charge in [0.15, 0.2) is 9.84 Å². The van der Waals surface area contributed by atoms with Crippen molar-refractivity contribution in [2.75, 3.05) is 32.5 Å². The van der Waals surface area contributed by atoms with Gasteiger partial charge in [-0.15, -0.1) is 0 Å². The van der Waals surface area contributed by atoms with Crippen molar-refractivity contribution < 1.29 is 18.3 Å². The Bertz CT molecular complexity index is 1060. The average molecular weight is 499 g/mol. The fraction of sp³-hybridized carbons (Fsp3) is 0.478. The highest BCUT2D eigenvalue weighted by atomic mass is 35.5. The minimum absolute atomic E-state index is 0.0780. The minimum Gasteiger partial charge on any atom is -0.484 e. The Hall–Kier alpha value is -1.35. The van der Waals surface area contributed by atoms with Crippen LogP contribution in [0.3, 0.4) is 0 Å². The van der Waals surface area contributed by atoms with E-state index in [0.29, 0.717) is 28.4 Å². The Morgan fingerprint density at radius 3 is 2.66 bits per heavy atom. The zero-order valence-corrected chi connectivity index (χ0v) is 20.3. The standard InChI is InChI=1S/C23H28Cl2N2O4S/c1-32(29,30)18-6-4-17(5-7-18)31-23-20-11-15(24)12-21(25)19(20)13-22(23)27-9-2-3-16(14-27)26-8-10-28/h4-7,11-12,16,22-23,26,28H,2-3,8-10,13-14H2,1H3/t16?,22-,23-/m0/s1. The van der Waals surface area contributed by atoms with Gasteiger partial charge in [-0.2, -0.15) is 0 Å². The van der Waals surface area contributed by atoms with Gasteiger partial charge in [-0.05, 0) is 67.8 Å². The van der Waals surface area contributed by atoms with Gasteiger partial charge in [-0.3, -0.25) is 4.90 Å². The highest BCUT2D eigenvalue weighted by Gasteiger charge is 2.41.